The fraction of sp³-hybridized carbons (Fsp3) is 0.357. The van der Waals surface area contributed by atoms with Gasteiger partial charge < -0.3 is 25.3 Å². The number of aryl methyl sites for hydroxylation is 1. The van der Waals surface area contributed by atoms with Gasteiger partial charge in [-0.05, 0) is 56.4 Å². The van der Waals surface area contributed by atoms with Crippen molar-refractivity contribution < 1.29 is 27.8 Å². The van der Waals surface area contributed by atoms with Gasteiger partial charge in [-0.2, -0.15) is 13.8 Å². The van der Waals surface area contributed by atoms with E-state index in [1.54, 1.807) is 29.8 Å². The summed E-state index contributed by atoms with van der Waals surface area (Å²) in [5, 5.41) is 3.06. The molecule has 2 fully saturated rings. The second-order valence-electron chi connectivity index (χ2n) is 10.0. The van der Waals surface area contributed by atoms with E-state index in [1.807, 2.05) is 0 Å². The van der Waals surface area contributed by atoms with Crippen LogP contribution in [-0.2, 0) is 4.74 Å². The van der Waals surface area contributed by atoms with Gasteiger partial charge in [-0.15, -0.1) is 0 Å². The first-order chi connectivity index (χ1) is 19.3. The zero-order valence-electron chi connectivity index (χ0n) is 22.0. The molecule has 1 aliphatic carbocycles. The summed E-state index contributed by atoms with van der Waals surface area (Å²) in [7, 11) is 1.25. The zero-order chi connectivity index (χ0) is 28.0. The van der Waals surface area contributed by atoms with Crippen molar-refractivity contribution in [3.8, 4) is 22.9 Å². The Labute approximate surface area is 228 Å². The van der Waals surface area contributed by atoms with Gasteiger partial charge in [-0.3, -0.25) is 9.36 Å². The van der Waals surface area contributed by atoms with Crippen molar-refractivity contribution >= 4 is 23.0 Å². The first-order valence-electron chi connectivity index (χ1n) is 13.1. The standard InChI is InChI=1S/C28H28F2N6O4/c1-14-11-17(40-21-6-5-20(38-2)23(29)24(21)30)12-19(22(14)27(37)33-16-3-4-16)36-25(15-7-9-39-10-8-15)34-18-13-32-28(31)35-26(18)36/h5-6,11-13,15-16H,3-4,7-10H2,1-2H3,(H,33,37)(H2,31,32,35). The lowest BCUT2D eigenvalue weighted by atomic mass is 9.98. The fourth-order valence-electron chi connectivity index (χ4n) is 5.00. The van der Waals surface area contributed by atoms with E-state index in [2.05, 4.69) is 15.3 Å². The highest BCUT2D eigenvalue weighted by molar-refractivity contribution is 6.00. The molecule has 1 amide bonds. The number of carbonyl (C=O) groups is 1. The Kier molecular flexibility index (Phi) is 6.70. The molecule has 1 saturated carbocycles. The van der Waals surface area contributed by atoms with E-state index in [1.165, 1.54) is 19.2 Å². The quantitative estimate of drug-likeness (QED) is 0.343. The van der Waals surface area contributed by atoms with Gasteiger partial charge in [0.2, 0.25) is 17.6 Å². The predicted molar refractivity (Wildman–Crippen MR) is 142 cm³/mol. The van der Waals surface area contributed by atoms with Crippen molar-refractivity contribution in [3.63, 3.8) is 0 Å². The van der Waals surface area contributed by atoms with Gasteiger partial charge in [0.05, 0.1) is 24.6 Å². The number of aromatic nitrogens is 4. The molecule has 2 aromatic carbocycles. The molecule has 0 unspecified atom stereocenters. The van der Waals surface area contributed by atoms with Gasteiger partial charge in [-0.25, -0.2) is 9.97 Å². The summed E-state index contributed by atoms with van der Waals surface area (Å²) in [6.45, 7) is 2.90. The van der Waals surface area contributed by atoms with Crippen molar-refractivity contribution in [2.24, 2.45) is 0 Å². The van der Waals surface area contributed by atoms with E-state index in [0.717, 1.165) is 25.7 Å². The lowest BCUT2D eigenvalue weighted by molar-refractivity contribution is 0.0833. The molecule has 0 atom stereocenters. The topological polar surface area (TPSA) is 126 Å². The largest absolute Gasteiger partial charge is 0.494 e. The number of nitrogen functional groups attached to an aromatic ring is 1. The van der Waals surface area contributed by atoms with Crippen molar-refractivity contribution in [3.05, 3.63) is 59.0 Å². The molecule has 3 heterocycles. The summed E-state index contributed by atoms with van der Waals surface area (Å²) in [6.07, 6.45) is 4.82. The van der Waals surface area contributed by atoms with Gasteiger partial charge in [0, 0.05) is 31.2 Å². The third-order valence-electron chi connectivity index (χ3n) is 7.16. The lowest BCUT2D eigenvalue weighted by Crippen LogP contribution is -2.28. The van der Waals surface area contributed by atoms with Crippen molar-refractivity contribution in [1.82, 2.24) is 24.8 Å². The minimum Gasteiger partial charge on any atom is -0.494 e. The molecule has 1 aliphatic heterocycles. The number of hydrogen-bond acceptors (Lipinski definition) is 8. The van der Waals surface area contributed by atoms with Crippen LogP contribution in [0.25, 0.3) is 16.9 Å². The highest BCUT2D eigenvalue weighted by Gasteiger charge is 2.30. The van der Waals surface area contributed by atoms with Crippen LogP contribution in [0.15, 0.2) is 30.5 Å². The Balaban J connectivity index is 1.55. The van der Waals surface area contributed by atoms with Crippen LogP contribution < -0.4 is 20.5 Å². The van der Waals surface area contributed by atoms with Crippen LogP contribution in [0.5, 0.6) is 17.2 Å². The van der Waals surface area contributed by atoms with E-state index in [-0.39, 0.29) is 41.1 Å². The number of ether oxygens (including phenoxy) is 3. The third-order valence-corrected chi connectivity index (χ3v) is 7.16. The molecule has 40 heavy (non-hydrogen) atoms. The molecule has 12 heteroatoms. The van der Waals surface area contributed by atoms with E-state index in [0.29, 0.717) is 47.0 Å². The van der Waals surface area contributed by atoms with Gasteiger partial charge in [-0.1, -0.05) is 0 Å². The summed E-state index contributed by atoms with van der Waals surface area (Å²) < 4.78 is 47.3. The number of rotatable bonds is 7. The summed E-state index contributed by atoms with van der Waals surface area (Å²) in [5.41, 5.74) is 8.31. The maximum Gasteiger partial charge on any atom is 0.253 e. The van der Waals surface area contributed by atoms with Crippen molar-refractivity contribution in [2.75, 3.05) is 26.1 Å². The number of methoxy groups -OCH3 is 1. The highest BCUT2D eigenvalue weighted by Crippen LogP contribution is 2.37. The Morgan fingerprint density at radius 1 is 1.10 bits per heavy atom. The molecule has 208 valence electrons. The summed E-state index contributed by atoms with van der Waals surface area (Å²) >= 11 is 0. The number of nitrogens with two attached hydrogens (primary N) is 1. The Morgan fingerprint density at radius 3 is 2.55 bits per heavy atom. The number of benzene rings is 2. The van der Waals surface area contributed by atoms with E-state index < -0.39 is 11.6 Å². The number of nitrogens with one attached hydrogen (secondary N) is 1. The number of anilines is 1. The third kappa shape index (κ3) is 4.79. The smallest absolute Gasteiger partial charge is 0.253 e. The van der Waals surface area contributed by atoms with Crippen molar-refractivity contribution in [2.45, 2.75) is 44.6 Å². The SMILES string of the molecule is COc1ccc(Oc2cc(C)c(C(=O)NC3CC3)c(-n3c(C4CCOCC4)nc4cnc(N)nc43)c2)c(F)c1F. The average Bonchev–Trinajstić information content (AvgIpc) is 3.68. The Morgan fingerprint density at radius 2 is 1.82 bits per heavy atom. The van der Waals surface area contributed by atoms with Crippen LogP contribution in [0.2, 0.25) is 0 Å². The number of nitrogens with zero attached hydrogens (tertiary/aromatic N) is 4. The molecular weight excluding hydrogens is 522 g/mol. The molecule has 3 N–H and O–H groups in total. The van der Waals surface area contributed by atoms with Crippen LogP contribution in [0.1, 0.15) is 53.3 Å². The number of amides is 1. The average molecular weight is 551 g/mol. The molecule has 0 spiro atoms. The number of fused-ring (bicyclic) bond motifs is 1. The highest BCUT2D eigenvalue weighted by atomic mass is 19.2. The number of imidazole rings is 1. The molecule has 2 aliphatic rings. The van der Waals surface area contributed by atoms with Crippen molar-refractivity contribution in [1.29, 1.82) is 0 Å². The first-order valence-corrected chi connectivity index (χ1v) is 13.1. The molecule has 6 rings (SSSR count). The van der Waals surface area contributed by atoms with Gasteiger partial charge >= 0.3 is 0 Å². The summed E-state index contributed by atoms with van der Waals surface area (Å²) in [6, 6.07) is 5.90. The van der Waals surface area contributed by atoms with Crippen LogP contribution >= 0.6 is 0 Å². The predicted octanol–water partition coefficient (Wildman–Crippen LogP) is 4.57. The van der Waals surface area contributed by atoms with Crippen LogP contribution in [-0.4, -0.2) is 51.8 Å². The maximum atomic E-state index is 14.8. The van der Waals surface area contributed by atoms with Crippen LogP contribution in [0.3, 0.4) is 0 Å². The second-order valence-corrected chi connectivity index (χ2v) is 10.0. The number of hydrogen-bond donors (Lipinski definition) is 2. The Hall–Kier alpha value is -4.32. The number of halogens is 2. The first kappa shape index (κ1) is 25.9. The molecular formula is C28H28F2N6O4. The minimum absolute atomic E-state index is 0.0153. The minimum atomic E-state index is -1.19. The zero-order valence-corrected chi connectivity index (χ0v) is 22.0. The maximum absolute atomic E-state index is 14.8. The van der Waals surface area contributed by atoms with E-state index >= 15 is 0 Å². The summed E-state index contributed by atoms with van der Waals surface area (Å²) in [4.78, 5) is 27.0. The lowest BCUT2D eigenvalue weighted by Gasteiger charge is -2.24. The summed E-state index contributed by atoms with van der Waals surface area (Å²) in [5.74, 6) is -2.24. The van der Waals surface area contributed by atoms with Gasteiger partial charge in [0.15, 0.2) is 17.1 Å². The molecule has 0 bridgehead atoms. The fourth-order valence-corrected chi connectivity index (χ4v) is 5.00. The monoisotopic (exact) mass is 550 g/mol. The Bertz CT molecular complexity index is 1610. The van der Waals surface area contributed by atoms with Crippen LogP contribution in [0, 0.1) is 18.6 Å². The molecule has 2 aromatic heterocycles. The van der Waals surface area contributed by atoms with E-state index in [9.17, 15) is 13.6 Å². The normalized spacial score (nSPS) is 15.8. The second kappa shape index (κ2) is 10.3. The molecule has 4 aromatic rings. The van der Waals surface area contributed by atoms with Gasteiger partial charge in [0.1, 0.15) is 17.1 Å². The van der Waals surface area contributed by atoms with E-state index in [4.69, 9.17) is 24.9 Å². The number of carbonyl (C=O) groups excluding carboxylic acids is 1. The molecule has 10 nitrogen and oxygen atoms in total. The molecule has 1 saturated heterocycles. The van der Waals surface area contributed by atoms with Crippen LogP contribution in [0.4, 0.5) is 14.7 Å². The molecule has 0 radical (unpaired) electrons. The van der Waals surface area contributed by atoms with Gasteiger partial charge in [0.25, 0.3) is 5.91 Å².